The summed E-state index contributed by atoms with van der Waals surface area (Å²) in [5, 5.41) is 14.0. The summed E-state index contributed by atoms with van der Waals surface area (Å²) in [6.45, 7) is 0. The summed E-state index contributed by atoms with van der Waals surface area (Å²) in [7, 11) is 0. The van der Waals surface area contributed by atoms with E-state index >= 15 is 0 Å². The van der Waals surface area contributed by atoms with Crippen molar-refractivity contribution in [2.45, 2.75) is 0 Å². The Morgan fingerprint density at radius 2 is 0.843 bits per heavy atom. The third-order valence-electron chi connectivity index (χ3n) is 14.4. The van der Waals surface area contributed by atoms with Gasteiger partial charge in [-0.1, -0.05) is 146 Å². The van der Waals surface area contributed by atoms with Gasteiger partial charge in [-0.25, -0.2) is 4.98 Å². The molecule has 0 fully saturated rings. The summed E-state index contributed by atoms with van der Waals surface area (Å²) in [6, 6.07) is 78.6. The van der Waals surface area contributed by atoms with Crippen LogP contribution < -0.4 is 0 Å². The number of nitrogens with zero attached hydrogens (tertiary/aromatic N) is 4. The van der Waals surface area contributed by atoms with Gasteiger partial charge in [-0.2, -0.15) is 0 Å². The molecule has 0 aliphatic heterocycles. The first-order valence-corrected chi connectivity index (χ1v) is 23.7. The minimum atomic E-state index is 0.840. The minimum absolute atomic E-state index is 0.840. The van der Waals surface area contributed by atoms with Crippen LogP contribution in [0.15, 0.2) is 235 Å². The lowest BCUT2D eigenvalue weighted by molar-refractivity contribution is 0.669. The Balaban J connectivity index is 1.05. The molecule has 0 atom stereocenters. The highest BCUT2D eigenvalue weighted by Crippen LogP contribution is 2.44. The van der Waals surface area contributed by atoms with Crippen molar-refractivity contribution in [1.29, 1.82) is 0 Å². The molecule has 0 N–H and O–H groups in total. The molecule has 0 aliphatic rings. The Labute approximate surface area is 401 Å². The van der Waals surface area contributed by atoms with Gasteiger partial charge >= 0.3 is 0 Å². The van der Waals surface area contributed by atoms with E-state index in [1.54, 1.807) is 0 Å². The highest BCUT2D eigenvalue weighted by atomic mass is 16.3. The van der Waals surface area contributed by atoms with Gasteiger partial charge in [-0.3, -0.25) is 9.97 Å². The number of pyridine rings is 3. The highest BCUT2D eigenvalue weighted by Gasteiger charge is 2.21. The molecule has 0 spiro atoms. The van der Waals surface area contributed by atoms with Crippen LogP contribution in [-0.4, -0.2) is 19.5 Å². The fourth-order valence-corrected chi connectivity index (χ4v) is 11.2. The number of hydrogen-bond acceptors (Lipinski definition) is 4. The van der Waals surface area contributed by atoms with Crippen LogP contribution in [0.25, 0.3) is 148 Å². The SMILES string of the molecule is c1ccc(-c2ccc3c(c2)c2cc4c5cc(-c6ccc7oc8ccccc8c7c6)ccc5c5ccccc5c4cc2n3-c2cc(-c3cccc4cccnc34)nc(-c3cccc4cccnc34)c2)cc1. The molecular formula is C65H38N4O. The van der Waals surface area contributed by atoms with E-state index < -0.39 is 0 Å². The molecule has 0 amide bonds. The van der Waals surface area contributed by atoms with Crippen molar-refractivity contribution in [2.24, 2.45) is 0 Å². The van der Waals surface area contributed by atoms with Gasteiger partial charge in [-0.15, -0.1) is 0 Å². The van der Waals surface area contributed by atoms with Crippen LogP contribution in [0.3, 0.4) is 0 Å². The zero-order chi connectivity index (χ0) is 45.9. The van der Waals surface area contributed by atoms with Crippen LogP contribution >= 0.6 is 0 Å². The van der Waals surface area contributed by atoms with Crippen LogP contribution in [-0.2, 0) is 0 Å². The Morgan fingerprint density at radius 3 is 1.59 bits per heavy atom. The second kappa shape index (κ2) is 15.0. The molecule has 5 heterocycles. The Kier molecular flexibility index (Phi) is 8.29. The van der Waals surface area contributed by atoms with Crippen LogP contribution in [0.2, 0.25) is 0 Å². The molecule has 5 nitrogen and oxygen atoms in total. The third kappa shape index (κ3) is 5.88. The van der Waals surface area contributed by atoms with E-state index in [1.807, 2.05) is 36.7 Å². The normalized spacial score (nSPS) is 12.0. The van der Waals surface area contributed by atoms with Crippen molar-refractivity contribution in [3.63, 3.8) is 0 Å². The molecule has 5 aromatic heterocycles. The zero-order valence-corrected chi connectivity index (χ0v) is 37.6. The predicted molar refractivity (Wildman–Crippen MR) is 291 cm³/mol. The fourth-order valence-electron chi connectivity index (χ4n) is 11.2. The van der Waals surface area contributed by atoms with Gasteiger partial charge in [0.05, 0.1) is 39.1 Å². The second-order valence-electron chi connectivity index (χ2n) is 18.3. The number of rotatable bonds is 5. The molecule has 324 valence electrons. The lowest BCUT2D eigenvalue weighted by Crippen LogP contribution is -1.99. The average Bonchev–Trinajstić information content (AvgIpc) is 3.97. The predicted octanol–water partition coefficient (Wildman–Crippen LogP) is 17.3. The summed E-state index contributed by atoms with van der Waals surface area (Å²) in [6.07, 6.45) is 3.73. The van der Waals surface area contributed by atoms with E-state index in [4.69, 9.17) is 19.4 Å². The average molecular weight is 891 g/mol. The fraction of sp³-hybridized carbons (Fsp3) is 0. The summed E-state index contributed by atoms with van der Waals surface area (Å²) in [5.74, 6) is 0. The number of fused-ring (bicyclic) bond motifs is 14. The van der Waals surface area contributed by atoms with Crippen LogP contribution in [0.4, 0.5) is 0 Å². The van der Waals surface area contributed by atoms with Crippen LogP contribution in [0.1, 0.15) is 0 Å². The molecular weight excluding hydrogens is 853 g/mol. The van der Waals surface area contributed by atoms with Crippen molar-refractivity contribution in [3.8, 4) is 50.5 Å². The number of benzene rings is 10. The van der Waals surface area contributed by atoms with Gasteiger partial charge in [0.25, 0.3) is 0 Å². The Hall–Kier alpha value is -9.45. The number of furan rings is 1. The van der Waals surface area contributed by atoms with E-state index in [9.17, 15) is 0 Å². The lowest BCUT2D eigenvalue weighted by Gasteiger charge is -2.16. The first-order chi connectivity index (χ1) is 34.7. The first kappa shape index (κ1) is 38.6. The maximum Gasteiger partial charge on any atom is 0.135 e. The molecule has 15 rings (SSSR count). The molecule has 0 aliphatic carbocycles. The van der Waals surface area contributed by atoms with Gasteiger partial charge < -0.3 is 8.98 Å². The van der Waals surface area contributed by atoms with E-state index in [-0.39, 0.29) is 0 Å². The van der Waals surface area contributed by atoms with E-state index in [0.717, 1.165) is 94.1 Å². The Bertz CT molecular complexity index is 4550. The quantitative estimate of drug-likeness (QED) is 0.162. The molecule has 15 aromatic rings. The molecule has 0 bridgehead atoms. The smallest absolute Gasteiger partial charge is 0.135 e. The standard InChI is InChI=1S/C65H38N4O/c1-2-12-39(13-3-1)42-25-28-60-55(33-42)56-37-53-52-32-43(44-26-29-63-57(34-44)49-20-6-7-23-62(49)70-63)24-27-48(52)46-18-4-5-19-47(46)54(53)38-61(56)69(60)45-35-58(50-21-8-14-40-16-10-30-66-64(40)50)68-59(36-45)51-22-9-15-41-17-11-31-67-65(41)51/h1-38H. The first-order valence-electron chi connectivity index (χ1n) is 23.7. The molecule has 5 heteroatoms. The van der Waals surface area contributed by atoms with Crippen molar-refractivity contribution in [3.05, 3.63) is 231 Å². The van der Waals surface area contributed by atoms with Gasteiger partial charge in [0.15, 0.2) is 0 Å². The number of aromatic nitrogens is 4. The summed E-state index contributed by atoms with van der Waals surface area (Å²) >= 11 is 0. The van der Waals surface area contributed by atoms with Crippen LogP contribution in [0, 0.1) is 0 Å². The molecule has 0 saturated carbocycles. The van der Waals surface area contributed by atoms with Gasteiger partial charge in [0.2, 0.25) is 0 Å². The van der Waals surface area contributed by atoms with Gasteiger partial charge in [0, 0.05) is 55.8 Å². The van der Waals surface area contributed by atoms with Crippen LogP contribution in [0.5, 0.6) is 0 Å². The number of para-hydroxylation sites is 3. The molecule has 0 radical (unpaired) electrons. The molecule has 70 heavy (non-hydrogen) atoms. The third-order valence-corrected chi connectivity index (χ3v) is 14.4. The monoisotopic (exact) mass is 890 g/mol. The molecule has 0 unspecified atom stereocenters. The largest absolute Gasteiger partial charge is 0.456 e. The van der Waals surface area contributed by atoms with E-state index in [1.165, 1.54) is 54.2 Å². The summed E-state index contributed by atoms with van der Waals surface area (Å²) in [5.41, 5.74) is 15.1. The van der Waals surface area contributed by atoms with Gasteiger partial charge in [0.1, 0.15) is 11.2 Å². The molecule has 10 aromatic carbocycles. The van der Waals surface area contributed by atoms with Crippen molar-refractivity contribution >= 4 is 97.9 Å². The highest BCUT2D eigenvalue weighted by molar-refractivity contribution is 6.29. The summed E-state index contributed by atoms with van der Waals surface area (Å²) < 4.78 is 8.70. The minimum Gasteiger partial charge on any atom is -0.456 e. The van der Waals surface area contributed by atoms with Crippen molar-refractivity contribution < 1.29 is 4.42 Å². The van der Waals surface area contributed by atoms with E-state index in [2.05, 4.69) is 199 Å². The zero-order valence-electron chi connectivity index (χ0n) is 37.6. The summed E-state index contributed by atoms with van der Waals surface area (Å²) in [4.78, 5) is 15.3. The second-order valence-corrected chi connectivity index (χ2v) is 18.3. The maximum atomic E-state index is 6.25. The Morgan fingerprint density at radius 1 is 0.314 bits per heavy atom. The van der Waals surface area contributed by atoms with Gasteiger partial charge in [-0.05, 0) is 127 Å². The lowest BCUT2D eigenvalue weighted by atomic mass is 9.91. The number of hydrogen-bond donors (Lipinski definition) is 0. The van der Waals surface area contributed by atoms with Crippen molar-refractivity contribution in [1.82, 2.24) is 19.5 Å². The molecule has 0 saturated heterocycles. The topological polar surface area (TPSA) is 56.7 Å². The van der Waals surface area contributed by atoms with E-state index in [0.29, 0.717) is 0 Å². The van der Waals surface area contributed by atoms with Crippen molar-refractivity contribution in [2.75, 3.05) is 0 Å². The maximum absolute atomic E-state index is 6.25.